The molecule has 0 aromatic carbocycles. The Bertz CT molecular complexity index is 653. The Morgan fingerprint density at radius 3 is 2.62 bits per heavy atom. The summed E-state index contributed by atoms with van der Waals surface area (Å²) in [4.78, 5) is 7.71. The maximum absolute atomic E-state index is 12.0. The van der Waals surface area contributed by atoms with Gasteiger partial charge in [0.15, 0.2) is 10.9 Å². The molecule has 0 saturated carbocycles. The van der Waals surface area contributed by atoms with Gasteiger partial charge in [0.2, 0.25) is 6.39 Å². The first-order valence-corrected chi connectivity index (χ1v) is 7.89. The fourth-order valence-corrected chi connectivity index (χ4v) is 2.41. The quantitative estimate of drug-likeness (QED) is 0.763. The Hall–Kier alpha value is -1.84. The van der Waals surface area contributed by atoms with Gasteiger partial charge in [-0.15, -0.1) is 0 Å². The number of pyridine rings is 1. The van der Waals surface area contributed by atoms with Crippen molar-refractivity contribution in [3.63, 3.8) is 0 Å². The molecule has 0 fully saturated rings. The first kappa shape index (κ1) is 15.5. The highest BCUT2D eigenvalue weighted by atomic mass is 32.2. The third-order valence-corrected chi connectivity index (χ3v) is 3.93. The molecule has 2 N–H and O–H groups in total. The molecular weight excluding hydrogens is 294 g/mol. The zero-order valence-corrected chi connectivity index (χ0v) is 12.6. The molecular formula is C12H17N5O3S. The first-order chi connectivity index (χ1) is 9.97. The summed E-state index contributed by atoms with van der Waals surface area (Å²) in [5.41, 5.74) is 0.917. The van der Waals surface area contributed by atoms with E-state index < -0.39 is 10.0 Å². The second kappa shape index (κ2) is 6.74. The van der Waals surface area contributed by atoms with Crippen molar-refractivity contribution in [1.29, 1.82) is 0 Å². The van der Waals surface area contributed by atoms with E-state index in [1.54, 1.807) is 6.07 Å². The highest BCUT2D eigenvalue weighted by Crippen LogP contribution is 2.07. The van der Waals surface area contributed by atoms with Gasteiger partial charge in [0.05, 0.1) is 6.54 Å². The lowest BCUT2D eigenvalue weighted by Gasteiger charge is -2.08. The predicted octanol–water partition coefficient (Wildman–Crippen LogP) is 0.441. The van der Waals surface area contributed by atoms with Crippen molar-refractivity contribution in [2.45, 2.75) is 38.0 Å². The molecule has 0 amide bonds. The van der Waals surface area contributed by atoms with Gasteiger partial charge in [0.25, 0.3) is 10.0 Å². The molecule has 8 nitrogen and oxygen atoms in total. The fourth-order valence-electron chi connectivity index (χ4n) is 1.50. The van der Waals surface area contributed by atoms with Crippen LogP contribution in [0.25, 0.3) is 0 Å². The normalized spacial score (nSPS) is 12.0. The lowest BCUT2D eigenvalue weighted by Crippen LogP contribution is -2.25. The summed E-state index contributed by atoms with van der Waals surface area (Å²) in [5.74, 6) is 0.260. The van der Waals surface area contributed by atoms with E-state index in [1.165, 1.54) is 12.3 Å². The van der Waals surface area contributed by atoms with E-state index in [2.05, 4.69) is 29.7 Å². The minimum Gasteiger partial charge on any atom is -0.343 e. The fraction of sp³-hybridized carbons (Fsp3) is 0.417. The molecule has 2 aromatic rings. The van der Waals surface area contributed by atoms with E-state index >= 15 is 0 Å². The zero-order valence-electron chi connectivity index (χ0n) is 11.8. The van der Waals surface area contributed by atoms with Crippen molar-refractivity contribution < 1.29 is 12.9 Å². The van der Waals surface area contributed by atoms with Crippen LogP contribution in [-0.4, -0.2) is 29.6 Å². The van der Waals surface area contributed by atoms with E-state index in [0.717, 1.165) is 12.0 Å². The molecule has 0 spiro atoms. The summed E-state index contributed by atoms with van der Waals surface area (Å²) in [5, 5.41) is 6.72. The Kier molecular flexibility index (Phi) is 4.99. The summed E-state index contributed by atoms with van der Waals surface area (Å²) < 4.78 is 30.9. The summed E-state index contributed by atoms with van der Waals surface area (Å²) >= 11 is 0. The Morgan fingerprint density at radius 1 is 1.24 bits per heavy atom. The van der Waals surface area contributed by atoms with Crippen LogP contribution in [0.15, 0.2) is 34.3 Å². The molecule has 2 heterocycles. The molecule has 0 aliphatic rings. The molecule has 0 aliphatic heterocycles. The van der Waals surface area contributed by atoms with Crippen LogP contribution >= 0.6 is 0 Å². The van der Waals surface area contributed by atoms with Crippen LogP contribution in [0.1, 0.15) is 25.2 Å². The highest BCUT2D eigenvalue weighted by molar-refractivity contribution is 7.89. The molecule has 114 valence electrons. The molecule has 0 unspecified atom stereocenters. The van der Waals surface area contributed by atoms with E-state index in [-0.39, 0.29) is 17.4 Å². The largest absolute Gasteiger partial charge is 0.343 e. The molecule has 0 radical (unpaired) electrons. The van der Waals surface area contributed by atoms with Gasteiger partial charge < -0.3 is 9.84 Å². The standard InChI is InChI=1S/C12H17N5O3S/c1-9(2)13-5-10-3-4-12(14-6-10)21(18,19)16-7-11-15-8-20-17-11/h3-4,6,8-9,13,16H,5,7H2,1-2H3. The summed E-state index contributed by atoms with van der Waals surface area (Å²) in [6, 6.07) is 3.55. The number of aromatic nitrogens is 3. The zero-order chi connectivity index (χ0) is 15.3. The average Bonchev–Trinajstić information content (AvgIpc) is 2.97. The molecule has 0 saturated heterocycles. The second-order valence-electron chi connectivity index (χ2n) is 4.71. The van der Waals surface area contributed by atoms with Gasteiger partial charge in [-0.3, -0.25) is 0 Å². The van der Waals surface area contributed by atoms with Gasteiger partial charge in [0.1, 0.15) is 0 Å². The molecule has 0 bridgehead atoms. The number of hydrogen-bond donors (Lipinski definition) is 2. The molecule has 21 heavy (non-hydrogen) atoms. The number of rotatable bonds is 7. The molecule has 2 aromatic heterocycles. The summed E-state index contributed by atoms with van der Waals surface area (Å²) in [6.07, 6.45) is 2.68. The SMILES string of the molecule is CC(C)NCc1ccc(S(=O)(=O)NCc2ncon2)nc1. The van der Waals surface area contributed by atoms with Gasteiger partial charge in [-0.25, -0.2) is 18.1 Å². The Labute approximate surface area is 123 Å². The van der Waals surface area contributed by atoms with Gasteiger partial charge in [-0.05, 0) is 11.6 Å². The van der Waals surface area contributed by atoms with Crippen LogP contribution in [0.4, 0.5) is 0 Å². The van der Waals surface area contributed by atoms with Crippen molar-refractivity contribution in [3.8, 4) is 0 Å². The van der Waals surface area contributed by atoms with Crippen molar-refractivity contribution >= 4 is 10.0 Å². The monoisotopic (exact) mass is 311 g/mol. The van der Waals surface area contributed by atoms with Crippen LogP contribution in [0.3, 0.4) is 0 Å². The van der Waals surface area contributed by atoms with Crippen LogP contribution in [0.2, 0.25) is 0 Å². The molecule has 2 rings (SSSR count). The van der Waals surface area contributed by atoms with Crippen molar-refractivity contribution in [2.24, 2.45) is 0 Å². The van der Waals surface area contributed by atoms with Gasteiger partial charge >= 0.3 is 0 Å². The maximum atomic E-state index is 12.0. The molecule has 0 aliphatic carbocycles. The number of nitrogens with one attached hydrogen (secondary N) is 2. The van der Waals surface area contributed by atoms with Gasteiger partial charge in [-0.1, -0.05) is 25.1 Å². The van der Waals surface area contributed by atoms with Crippen molar-refractivity contribution in [1.82, 2.24) is 25.2 Å². The predicted molar refractivity (Wildman–Crippen MR) is 74.5 cm³/mol. The summed E-state index contributed by atoms with van der Waals surface area (Å²) in [6.45, 7) is 4.67. The average molecular weight is 311 g/mol. The third kappa shape index (κ3) is 4.59. The van der Waals surface area contributed by atoms with Gasteiger partial charge in [-0.2, -0.15) is 4.98 Å². The maximum Gasteiger partial charge on any atom is 0.258 e. The topological polar surface area (TPSA) is 110 Å². The van der Waals surface area contributed by atoms with Crippen LogP contribution < -0.4 is 10.0 Å². The highest BCUT2D eigenvalue weighted by Gasteiger charge is 2.16. The lowest BCUT2D eigenvalue weighted by atomic mass is 10.2. The molecule has 0 atom stereocenters. The number of hydrogen-bond acceptors (Lipinski definition) is 7. The second-order valence-corrected chi connectivity index (χ2v) is 6.43. The van der Waals surface area contributed by atoms with Crippen molar-refractivity contribution in [2.75, 3.05) is 0 Å². The van der Waals surface area contributed by atoms with Gasteiger partial charge in [0, 0.05) is 18.8 Å². The number of sulfonamides is 1. The van der Waals surface area contributed by atoms with E-state index in [1.807, 2.05) is 13.8 Å². The minimum absolute atomic E-state index is 0.0423. The summed E-state index contributed by atoms with van der Waals surface area (Å²) in [7, 11) is -3.69. The van der Waals surface area contributed by atoms with Crippen LogP contribution in [-0.2, 0) is 23.1 Å². The molecule has 9 heteroatoms. The minimum atomic E-state index is -3.69. The smallest absolute Gasteiger partial charge is 0.258 e. The number of nitrogens with zero attached hydrogens (tertiary/aromatic N) is 3. The van der Waals surface area contributed by atoms with Crippen LogP contribution in [0, 0.1) is 0 Å². The van der Waals surface area contributed by atoms with E-state index in [9.17, 15) is 8.42 Å². The van der Waals surface area contributed by atoms with E-state index in [4.69, 9.17) is 0 Å². The van der Waals surface area contributed by atoms with E-state index in [0.29, 0.717) is 12.6 Å². The Morgan fingerprint density at radius 2 is 2.05 bits per heavy atom. The lowest BCUT2D eigenvalue weighted by molar-refractivity contribution is 0.409. The first-order valence-electron chi connectivity index (χ1n) is 6.40. The van der Waals surface area contributed by atoms with Crippen LogP contribution in [0.5, 0.6) is 0 Å². The Balaban J connectivity index is 1.99. The van der Waals surface area contributed by atoms with Crippen molar-refractivity contribution in [3.05, 3.63) is 36.1 Å². The third-order valence-electron chi connectivity index (χ3n) is 2.61.